The second-order valence-corrected chi connectivity index (χ2v) is 12.3. The Labute approximate surface area is 125 Å². The maximum Gasteiger partial charge on any atom is 0.192 e. The van der Waals surface area contributed by atoms with Crippen molar-refractivity contribution in [3.63, 3.8) is 0 Å². The van der Waals surface area contributed by atoms with Crippen LogP contribution in [0.5, 0.6) is 5.75 Å². The van der Waals surface area contributed by atoms with E-state index >= 15 is 0 Å². The zero-order valence-electron chi connectivity index (χ0n) is 12.4. The lowest BCUT2D eigenvalue weighted by Crippen LogP contribution is -2.42. The van der Waals surface area contributed by atoms with Gasteiger partial charge in [0.2, 0.25) is 0 Å². The Balaban J connectivity index is 2.28. The number of hydrogen-bond acceptors (Lipinski definition) is 2. The molecule has 0 saturated heterocycles. The molecule has 1 aromatic rings. The van der Waals surface area contributed by atoms with E-state index < -0.39 is 8.32 Å². The van der Waals surface area contributed by atoms with E-state index in [9.17, 15) is 0 Å². The number of rotatable bonds is 2. The lowest BCUT2D eigenvalue weighted by molar-refractivity contribution is 0.122. The molecule has 1 aromatic carbocycles. The summed E-state index contributed by atoms with van der Waals surface area (Å²) in [5.41, 5.74) is 1.19. The molecule has 2 rings (SSSR count). The highest BCUT2D eigenvalue weighted by molar-refractivity contribution is 9.10. The zero-order chi connectivity index (χ0) is 14.3. The summed E-state index contributed by atoms with van der Waals surface area (Å²) in [5, 5.41) is 0.234. The molecule has 0 bridgehead atoms. The fourth-order valence-corrected chi connectivity index (χ4v) is 3.82. The highest BCUT2D eigenvalue weighted by Crippen LogP contribution is 2.45. The van der Waals surface area contributed by atoms with Gasteiger partial charge in [0, 0.05) is 12.0 Å². The molecule has 1 unspecified atom stereocenters. The van der Waals surface area contributed by atoms with Gasteiger partial charge in [0.15, 0.2) is 8.32 Å². The zero-order valence-corrected chi connectivity index (χ0v) is 15.0. The minimum atomic E-state index is -1.75. The van der Waals surface area contributed by atoms with Crippen LogP contribution in [-0.2, 0) is 4.43 Å². The van der Waals surface area contributed by atoms with E-state index in [2.05, 4.69) is 61.9 Å². The third-order valence-electron chi connectivity index (χ3n) is 4.21. The molecule has 0 N–H and O–H groups in total. The van der Waals surface area contributed by atoms with Crippen LogP contribution < -0.4 is 4.74 Å². The molecule has 4 heteroatoms. The standard InChI is InChI=1S/C15H23BrO2Si/c1-15(2,3)19(4,5)18-13-9-10-17-14-11(13)7-6-8-12(14)16/h6-8,13H,9-10H2,1-5H3. The Morgan fingerprint density at radius 2 is 2.00 bits per heavy atom. The highest BCUT2D eigenvalue weighted by atomic mass is 79.9. The van der Waals surface area contributed by atoms with E-state index in [1.54, 1.807) is 0 Å². The molecule has 106 valence electrons. The molecule has 0 amide bonds. The average Bonchev–Trinajstić information content (AvgIpc) is 2.28. The van der Waals surface area contributed by atoms with Gasteiger partial charge in [-0.05, 0) is 40.1 Å². The van der Waals surface area contributed by atoms with Crippen molar-refractivity contribution in [2.24, 2.45) is 0 Å². The van der Waals surface area contributed by atoms with Crippen molar-refractivity contribution >= 4 is 24.2 Å². The first-order valence-electron chi connectivity index (χ1n) is 6.81. The van der Waals surface area contributed by atoms with E-state index in [1.807, 2.05) is 6.07 Å². The second kappa shape index (κ2) is 5.22. The lowest BCUT2D eigenvalue weighted by Gasteiger charge is -2.40. The number of ether oxygens (including phenoxy) is 1. The van der Waals surface area contributed by atoms with Crippen molar-refractivity contribution in [3.05, 3.63) is 28.2 Å². The normalized spacial score (nSPS) is 19.8. The topological polar surface area (TPSA) is 18.5 Å². The number of benzene rings is 1. The number of para-hydroxylation sites is 1. The molecule has 0 aromatic heterocycles. The van der Waals surface area contributed by atoms with Gasteiger partial charge in [-0.25, -0.2) is 0 Å². The van der Waals surface area contributed by atoms with E-state index in [4.69, 9.17) is 9.16 Å². The third kappa shape index (κ3) is 3.06. The largest absolute Gasteiger partial charge is 0.492 e. The van der Waals surface area contributed by atoms with Crippen LogP contribution in [0.15, 0.2) is 22.7 Å². The molecule has 0 fully saturated rings. The molecule has 0 aliphatic carbocycles. The van der Waals surface area contributed by atoms with Crippen LogP contribution in [-0.4, -0.2) is 14.9 Å². The lowest BCUT2D eigenvalue weighted by atomic mass is 10.0. The molecule has 1 heterocycles. The third-order valence-corrected chi connectivity index (χ3v) is 9.32. The van der Waals surface area contributed by atoms with E-state index in [0.29, 0.717) is 0 Å². The van der Waals surface area contributed by atoms with Gasteiger partial charge >= 0.3 is 0 Å². The van der Waals surface area contributed by atoms with E-state index in [0.717, 1.165) is 23.2 Å². The molecule has 1 aliphatic heterocycles. The summed E-state index contributed by atoms with van der Waals surface area (Å²) in [7, 11) is -1.75. The predicted molar refractivity (Wildman–Crippen MR) is 85.3 cm³/mol. The molecular formula is C15H23BrO2Si. The molecule has 0 saturated carbocycles. The van der Waals surface area contributed by atoms with Gasteiger partial charge in [0.1, 0.15) is 5.75 Å². The second-order valence-electron chi connectivity index (χ2n) is 6.66. The summed E-state index contributed by atoms with van der Waals surface area (Å²) < 4.78 is 13.4. The maximum atomic E-state index is 6.56. The summed E-state index contributed by atoms with van der Waals surface area (Å²) in [6, 6.07) is 6.20. The van der Waals surface area contributed by atoms with Crippen molar-refractivity contribution in [1.82, 2.24) is 0 Å². The van der Waals surface area contributed by atoms with Gasteiger partial charge in [-0.15, -0.1) is 0 Å². The molecule has 2 nitrogen and oxygen atoms in total. The molecule has 0 spiro atoms. The number of hydrogen-bond donors (Lipinski definition) is 0. The Bertz CT molecular complexity index is 466. The number of halogens is 1. The van der Waals surface area contributed by atoms with Gasteiger partial charge < -0.3 is 9.16 Å². The van der Waals surface area contributed by atoms with Crippen LogP contribution in [0.1, 0.15) is 38.9 Å². The van der Waals surface area contributed by atoms with Crippen molar-refractivity contribution in [3.8, 4) is 5.75 Å². The van der Waals surface area contributed by atoms with Crippen molar-refractivity contribution in [1.29, 1.82) is 0 Å². The molecule has 19 heavy (non-hydrogen) atoms. The van der Waals surface area contributed by atoms with Gasteiger partial charge in [-0.3, -0.25) is 0 Å². The first-order chi connectivity index (χ1) is 8.72. The minimum Gasteiger partial charge on any atom is -0.492 e. The fourth-order valence-electron chi connectivity index (χ4n) is 2.01. The van der Waals surface area contributed by atoms with Crippen LogP contribution in [0.2, 0.25) is 18.1 Å². The van der Waals surface area contributed by atoms with Crippen molar-refractivity contribution in [2.45, 2.75) is 51.4 Å². The quantitative estimate of drug-likeness (QED) is 0.679. The smallest absolute Gasteiger partial charge is 0.192 e. The van der Waals surface area contributed by atoms with Crippen LogP contribution in [0.3, 0.4) is 0 Å². The monoisotopic (exact) mass is 342 g/mol. The molecule has 1 atom stereocenters. The van der Waals surface area contributed by atoms with E-state index in [1.165, 1.54) is 5.56 Å². The first-order valence-corrected chi connectivity index (χ1v) is 10.5. The Hall–Kier alpha value is -0.323. The van der Waals surface area contributed by atoms with Gasteiger partial charge in [0.25, 0.3) is 0 Å². The van der Waals surface area contributed by atoms with Crippen molar-refractivity contribution in [2.75, 3.05) is 6.61 Å². The SMILES string of the molecule is CC(C)(C)[Si](C)(C)OC1CCOc2c(Br)cccc21. The molecule has 0 radical (unpaired) electrons. The van der Waals surface area contributed by atoms with Crippen LogP contribution >= 0.6 is 15.9 Å². The molecule has 1 aliphatic rings. The minimum absolute atomic E-state index is 0.169. The van der Waals surface area contributed by atoms with Gasteiger partial charge in [-0.2, -0.15) is 0 Å². The molecular weight excluding hydrogens is 320 g/mol. The fraction of sp³-hybridized carbons (Fsp3) is 0.600. The van der Waals surface area contributed by atoms with E-state index in [-0.39, 0.29) is 11.1 Å². The Morgan fingerprint density at radius 1 is 1.32 bits per heavy atom. The summed E-state index contributed by atoms with van der Waals surface area (Å²) in [4.78, 5) is 0. The first kappa shape index (κ1) is 15.1. The summed E-state index contributed by atoms with van der Waals surface area (Å²) >= 11 is 3.56. The van der Waals surface area contributed by atoms with Crippen LogP contribution in [0.25, 0.3) is 0 Å². The Morgan fingerprint density at radius 3 is 2.63 bits per heavy atom. The van der Waals surface area contributed by atoms with Gasteiger partial charge in [-0.1, -0.05) is 32.9 Å². The number of fused-ring (bicyclic) bond motifs is 1. The predicted octanol–water partition coefficient (Wildman–Crippen LogP) is 5.29. The van der Waals surface area contributed by atoms with Crippen molar-refractivity contribution < 1.29 is 9.16 Å². The summed E-state index contributed by atoms with van der Waals surface area (Å²) in [5.74, 6) is 0.956. The summed E-state index contributed by atoms with van der Waals surface area (Å²) in [6.45, 7) is 12.2. The maximum absolute atomic E-state index is 6.56. The van der Waals surface area contributed by atoms with Gasteiger partial charge in [0.05, 0.1) is 17.2 Å². The van der Waals surface area contributed by atoms with Crippen LogP contribution in [0, 0.1) is 0 Å². The highest BCUT2D eigenvalue weighted by Gasteiger charge is 2.40. The average molecular weight is 343 g/mol. The van der Waals surface area contributed by atoms with Crippen LogP contribution in [0.4, 0.5) is 0 Å². The summed E-state index contributed by atoms with van der Waals surface area (Å²) in [6.07, 6.45) is 1.11. The Kier molecular flexibility index (Phi) is 4.14.